The predicted molar refractivity (Wildman–Crippen MR) is 91.2 cm³/mol. The quantitative estimate of drug-likeness (QED) is 0.737. The van der Waals surface area contributed by atoms with Crippen LogP contribution in [0.15, 0.2) is 4.63 Å². The van der Waals surface area contributed by atoms with E-state index in [1.54, 1.807) is 6.92 Å². The van der Waals surface area contributed by atoms with Gasteiger partial charge in [-0.15, -0.1) is 0 Å². The molecular weight excluding hydrogens is 336 g/mol. The first-order chi connectivity index (χ1) is 12.6. The summed E-state index contributed by atoms with van der Waals surface area (Å²) in [6, 6.07) is 0. The van der Waals surface area contributed by atoms with Crippen molar-refractivity contribution in [2.75, 3.05) is 32.7 Å². The molecule has 3 aliphatic heterocycles. The molecule has 1 unspecified atom stereocenters. The fourth-order valence-electron chi connectivity index (χ4n) is 4.45. The minimum absolute atomic E-state index is 0.00621. The van der Waals surface area contributed by atoms with Crippen LogP contribution < -0.4 is 0 Å². The molecule has 4 heterocycles. The number of likely N-dealkylation sites (tertiary alicyclic amines) is 2. The monoisotopic (exact) mass is 362 g/mol. The number of carbonyl (C=O) groups excluding carboxylic acids is 2. The summed E-state index contributed by atoms with van der Waals surface area (Å²) < 4.78 is 10.4. The number of esters is 1. The van der Waals surface area contributed by atoms with Crippen molar-refractivity contribution < 1.29 is 19.0 Å². The van der Waals surface area contributed by atoms with Crippen LogP contribution in [0.2, 0.25) is 0 Å². The molecule has 0 bridgehead atoms. The summed E-state index contributed by atoms with van der Waals surface area (Å²) in [5.41, 5.74) is 0.837. The van der Waals surface area contributed by atoms with Crippen molar-refractivity contribution in [2.24, 2.45) is 5.41 Å². The number of hydrogen-bond acceptors (Lipinski definition) is 7. The van der Waals surface area contributed by atoms with Gasteiger partial charge in [0.25, 0.3) is 0 Å². The fraction of sp³-hybridized carbons (Fsp3) is 0.778. The van der Waals surface area contributed by atoms with Crippen molar-refractivity contribution in [1.82, 2.24) is 20.1 Å². The number of piperidine rings is 1. The van der Waals surface area contributed by atoms with Gasteiger partial charge in [0.05, 0.1) is 11.8 Å². The molecule has 4 rings (SSSR count). The maximum atomic E-state index is 12.5. The highest BCUT2D eigenvalue weighted by molar-refractivity contribution is 5.81. The third-order valence-corrected chi connectivity index (χ3v) is 6.12. The van der Waals surface area contributed by atoms with Gasteiger partial charge in [0, 0.05) is 26.1 Å². The van der Waals surface area contributed by atoms with Crippen molar-refractivity contribution in [3.05, 3.63) is 11.4 Å². The van der Waals surface area contributed by atoms with Crippen molar-refractivity contribution in [2.45, 2.75) is 51.6 Å². The second-order valence-corrected chi connectivity index (χ2v) is 7.87. The first-order valence-corrected chi connectivity index (χ1v) is 9.55. The molecule has 3 fully saturated rings. The van der Waals surface area contributed by atoms with E-state index < -0.39 is 5.41 Å². The van der Waals surface area contributed by atoms with Crippen LogP contribution in [0.3, 0.4) is 0 Å². The zero-order valence-electron chi connectivity index (χ0n) is 15.3. The van der Waals surface area contributed by atoms with Gasteiger partial charge >= 0.3 is 5.97 Å². The largest absolute Gasteiger partial charge is 0.461 e. The molecule has 1 spiro atoms. The van der Waals surface area contributed by atoms with Crippen LogP contribution in [-0.4, -0.2) is 70.8 Å². The van der Waals surface area contributed by atoms with E-state index in [1.165, 1.54) is 12.8 Å². The summed E-state index contributed by atoms with van der Waals surface area (Å²) in [5.74, 6) is -0.0519. The SMILES string of the molecule is Cc1nonc1CC(=O)N1CCC2(CC1)CC(CN1CCCC1)OC2=O. The van der Waals surface area contributed by atoms with Gasteiger partial charge in [-0.3, -0.25) is 14.5 Å². The Balaban J connectivity index is 1.31. The Morgan fingerprint density at radius 3 is 2.58 bits per heavy atom. The van der Waals surface area contributed by atoms with Gasteiger partial charge in [-0.25, -0.2) is 4.63 Å². The molecule has 8 heteroatoms. The summed E-state index contributed by atoms with van der Waals surface area (Å²) in [6.45, 7) is 6.04. The Morgan fingerprint density at radius 2 is 1.92 bits per heavy atom. The molecule has 8 nitrogen and oxygen atoms in total. The van der Waals surface area contributed by atoms with Crippen molar-refractivity contribution in [1.29, 1.82) is 0 Å². The Labute approximate surface area is 152 Å². The maximum Gasteiger partial charge on any atom is 0.312 e. The number of ether oxygens (including phenoxy) is 1. The van der Waals surface area contributed by atoms with E-state index in [0.717, 1.165) is 26.1 Å². The molecule has 3 aliphatic rings. The molecule has 1 aromatic rings. The highest BCUT2D eigenvalue weighted by Crippen LogP contribution is 2.43. The van der Waals surface area contributed by atoms with Crippen LogP contribution in [0.25, 0.3) is 0 Å². The molecule has 3 saturated heterocycles. The topological polar surface area (TPSA) is 88.8 Å². The van der Waals surface area contributed by atoms with Crippen LogP contribution in [0.5, 0.6) is 0 Å². The number of cyclic esters (lactones) is 1. The van der Waals surface area contributed by atoms with E-state index in [-0.39, 0.29) is 24.4 Å². The lowest BCUT2D eigenvalue weighted by molar-refractivity contribution is -0.152. The third kappa shape index (κ3) is 3.34. The van der Waals surface area contributed by atoms with Crippen LogP contribution in [0, 0.1) is 12.3 Å². The molecule has 0 aliphatic carbocycles. The van der Waals surface area contributed by atoms with Crippen LogP contribution in [0.4, 0.5) is 0 Å². The summed E-state index contributed by atoms with van der Waals surface area (Å²) >= 11 is 0. The standard InChI is InChI=1S/C18H26N4O4/c1-13-15(20-26-19-13)10-16(23)22-8-4-18(5-9-22)11-14(25-17(18)24)12-21-6-2-3-7-21/h14H,2-12H2,1H3. The van der Waals surface area contributed by atoms with Crippen LogP contribution in [0.1, 0.15) is 43.5 Å². The Bertz CT molecular complexity index is 674. The summed E-state index contributed by atoms with van der Waals surface area (Å²) in [4.78, 5) is 29.2. The lowest BCUT2D eigenvalue weighted by Crippen LogP contribution is -2.45. The second-order valence-electron chi connectivity index (χ2n) is 7.87. The molecule has 0 N–H and O–H groups in total. The average molecular weight is 362 g/mol. The molecule has 1 atom stereocenters. The smallest absolute Gasteiger partial charge is 0.312 e. The van der Waals surface area contributed by atoms with E-state index >= 15 is 0 Å². The molecule has 0 radical (unpaired) electrons. The van der Waals surface area contributed by atoms with Gasteiger partial charge in [-0.2, -0.15) is 0 Å². The maximum absolute atomic E-state index is 12.5. The van der Waals surface area contributed by atoms with E-state index in [9.17, 15) is 9.59 Å². The first kappa shape index (κ1) is 17.5. The molecule has 142 valence electrons. The molecule has 1 amide bonds. The molecular formula is C18H26N4O4. The molecule has 0 saturated carbocycles. The van der Waals surface area contributed by atoms with Gasteiger partial charge in [0.1, 0.15) is 17.5 Å². The number of rotatable bonds is 4. The number of hydrogen-bond donors (Lipinski definition) is 0. The third-order valence-electron chi connectivity index (χ3n) is 6.12. The fourth-order valence-corrected chi connectivity index (χ4v) is 4.45. The van der Waals surface area contributed by atoms with Crippen molar-refractivity contribution in [3.8, 4) is 0 Å². The summed E-state index contributed by atoms with van der Waals surface area (Å²) in [5, 5.41) is 7.49. The zero-order valence-corrected chi connectivity index (χ0v) is 15.3. The minimum Gasteiger partial charge on any atom is -0.461 e. The van der Waals surface area contributed by atoms with Crippen molar-refractivity contribution >= 4 is 11.9 Å². The lowest BCUT2D eigenvalue weighted by atomic mass is 9.76. The van der Waals surface area contributed by atoms with Crippen LogP contribution in [-0.2, 0) is 20.7 Å². The Kier molecular flexibility index (Phi) is 4.69. The number of aromatic nitrogens is 2. The van der Waals surface area contributed by atoms with Crippen molar-refractivity contribution in [3.63, 3.8) is 0 Å². The number of carbonyl (C=O) groups is 2. The van der Waals surface area contributed by atoms with Crippen LogP contribution >= 0.6 is 0 Å². The zero-order chi connectivity index (χ0) is 18.1. The van der Waals surface area contributed by atoms with Gasteiger partial charge < -0.3 is 9.64 Å². The van der Waals surface area contributed by atoms with Gasteiger partial charge in [-0.1, -0.05) is 10.3 Å². The number of aryl methyl sites for hydroxylation is 1. The van der Waals surface area contributed by atoms with E-state index in [2.05, 4.69) is 19.8 Å². The van der Waals surface area contributed by atoms with Gasteiger partial charge in [0.2, 0.25) is 5.91 Å². The Morgan fingerprint density at radius 1 is 1.19 bits per heavy atom. The predicted octanol–water partition coefficient (Wildman–Crippen LogP) is 0.941. The van der Waals surface area contributed by atoms with E-state index in [0.29, 0.717) is 37.3 Å². The normalized spacial score (nSPS) is 25.8. The highest BCUT2D eigenvalue weighted by Gasteiger charge is 2.51. The first-order valence-electron chi connectivity index (χ1n) is 9.55. The van der Waals surface area contributed by atoms with E-state index in [4.69, 9.17) is 4.74 Å². The lowest BCUT2D eigenvalue weighted by Gasteiger charge is -2.36. The number of amides is 1. The minimum atomic E-state index is -0.396. The highest BCUT2D eigenvalue weighted by atomic mass is 16.6. The summed E-state index contributed by atoms with van der Waals surface area (Å²) in [7, 11) is 0. The average Bonchev–Trinajstić information content (AvgIpc) is 3.33. The Hall–Kier alpha value is -1.96. The number of nitrogens with zero attached hydrogens (tertiary/aromatic N) is 4. The molecule has 26 heavy (non-hydrogen) atoms. The second kappa shape index (κ2) is 6.98. The van der Waals surface area contributed by atoms with Gasteiger partial charge in [0.15, 0.2) is 0 Å². The molecule has 1 aromatic heterocycles. The van der Waals surface area contributed by atoms with E-state index in [1.807, 2.05) is 4.90 Å². The molecule has 0 aromatic carbocycles. The summed E-state index contributed by atoms with van der Waals surface area (Å²) in [6.07, 6.45) is 4.84. The van der Waals surface area contributed by atoms with Gasteiger partial charge in [-0.05, 0) is 45.7 Å².